The average Bonchev–Trinajstić information content (AvgIpc) is 3.54. The number of fused-ring (bicyclic) bond motifs is 1. The van der Waals surface area contributed by atoms with Crippen molar-refractivity contribution in [2.24, 2.45) is 5.92 Å². The lowest BCUT2D eigenvalue weighted by Gasteiger charge is -2.22. The summed E-state index contributed by atoms with van der Waals surface area (Å²) in [6, 6.07) is 12.5. The summed E-state index contributed by atoms with van der Waals surface area (Å²) in [7, 11) is -3.61. The zero-order valence-electron chi connectivity index (χ0n) is 17.9. The van der Waals surface area contributed by atoms with E-state index in [4.69, 9.17) is 0 Å². The number of carbonyl (C=O) groups is 2. The van der Waals surface area contributed by atoms with Crippen molar-refractivity contribution in [2.45, 2.75) is 56.9 Å². The minimum absolute atomic E-state index is 0.0328. The van der Waals surface area contributed by atoms with Crippen LogP contribution in [-0.4, -0.2) is 32.0 Å². The van der Waals surface area contributed by atoms with Crippen LogP contribution < -0.4 is 10.2 Å². The third-order valence-corrected chi connectivity index (χ3v) is 7.77. The van der Waals surface area contributed by atoms with E-state index in [1.807, 2.05) is 43.0 Å². The first-order valence-electron chi connectivity index (χ1n) is 10.9. The van der Waals surface area contributed by atoms with Crippen molar-refractivity contribution in [3.8, 4) is 0 Å². The van der Waals surface area contributed by atoms with Gasteiger partial charge in [0.1, 0.15) is 0 Å². The van der Waals surface area contributed by atoms with Crippen LogP contribution in [0.25, 0.3) is 0 Å². The summed E-state index contributed by atoms with van der Waals surface area (Å²) in [4.78, 5) is 27.0. The van der Waals surface area contributed by atoms with Crippen LogP contribution in [0.3, 0.4) is 0 Å². The Morgan fingerprint density at radius 3 is 2.58 bits per heavy atom. The molecule has 1 fully saturated rings. The molecule has 6 nitrogen and oxygen atoms in total. The third kappa shape index (κ3) is 4.51. The number of nitrogens with zero attached hydrogens (tertiary/aromatic N) is 1. The fraction of sp³-hybridized carbons (Fsp3) is 0.417. The normalized spacial score (nSPS) is 18.0. The first kappa shape index (κ1) is 21.6. The SMILES string of the molecule is CCc1ccccc1NC(=O)CCS(=O)(=O)c1ccc2c(c1)CC(C)N2C(=O)C1CC1. The van der Waals surface area contributed by atoms with Crippen molar-refractivity contribution < 1.29 is 18.0 Å². The summed E-state index contributed by atoms with van der Waals surface area (Å²) in [5.74, 6) is -0.314. The maximum absolute atomic E-state index is 12.9. The number of benzene rings is 2. The van der Waals surface area contributed by atoms with Gasteiger partial charge in [-0.2, -0.15) is 0 Å². The average molecular weight is 441 g/mol. The molecule has 2 amide bonds. The molecule has 1 unspecified atom stereocenters. The molecule has 0 spiro atoms. The van der Waals surface area contributed by atoms with E-state index in [0.717, 1.165) is 41.8 Å². The Bertz CT molecular complexity index is 1120. The second-order valence-electron chi connectivity index (χ2n) is 8.45. The van der Waals surface area contributed by atoms with Gasteiger partial charge in [0.05, 0.1) is 10.6 Å². The van der Waals surface area contributed by atoms with Gasteiger partial charge in [-0.15, -0.1) is 0 Å². The molecule has 1 N–H and O–H groups in total. The van der Waals surface area contributed by atoms with Gasteiger partial charge in [0, 0.05) is 29.8 Å². The van der Waals surface area contributed by atoms with Crippen LogP contribution in [0.1, 0.15) is 44.2 Å². The van der Waals surface area contributed by atoms with E-state index in [1.165, 1.54) is 0 Å². The zero-order chi connectivity index (χ0) is 22.2. The van der Waals surface area contributed by atoms with Gasteiger partial charge in [-0.3, -0.25) is 9.59 Å². The van der Waals surface area contributed by atoms with Crippen LogP contribution in [0.4, 0.5) is 11.4 Å². The molecule has 0 bridgehead atoms. The number of hydrogen-bond donors (Lipinski definition) is 1. The molecule has 1 heterocycles. The maximum Gasteiger partial charge on any atom is 0.230 e. The number of aryl methyl sites for hydroxylation is 1. The molecule has 0 radical (unpaired) electrons. The van der Waals surface area contributed by atoms with Gasteiger partial charge >= 0.3 is 0 Å². The number of sulfone groups is 1. The summed E-state index contributed by atoms with van der Waals surface area (Å²) in [5, 5.41) is 2.82. The van der Waals surface area contributed by atoms with Crippen LogP contribution in [0, 0.1) is 5.92 Å². The second kappa shape index (κ2) is 8.46. The van der Waals surface area contributed by atoms with Crippen molar-refractivity contribution >= 4 is 33.0 Å². The van der Waals surface area contributed by atoms with Crippen molar-refractivity contribution in [3.05, 3.63) is 53.6 Å². The molecule has 0 aromatic heterocycles. The molecule has 2 aromatic carbocycles. The summed E-state index contributed by atoms with van der Waals surface area (Å²) in [6.07, 6.45) is 3.19. The lowest BCUT2D eigenvalue weighted by atomic mass is 10.1. The van der Waals surface area contributed by atoms with E-state index in [-0.39, 0.29) is 40.8 Å². The first-order valence-corrected chi connectivity index (χ1v) is 12.5. The van der Waals surface area contributed by atoms with E-state index in [2.05, 4.69) is 5.32 Å². The molecule has 4 rings (SSSR count). The number of carbonyl (C=O) groups excluding carboxylic acids is 2. The Kier molecular flexibility index (Phi) is 5.88. The predicted molar refractivity (Wildman–Crippen MR) is 121 cm³/mol. The van der Waals surface area contributed by atoms with Gasteiger partial charge in [0.2, 0.25) is 11.8 Å². The van der Waals surface area contributed by atoms with Crippen LogP contribution in [0.2, 0.25) is 0 Å². The highest BCUT2D eigenvalue weighted by Gasteiger charge is 2.39. The Morgan fingerprint density at radius 2 is 1.87 bits per heavy atom. The number of amides is 2. The fourth-order valence-corrected chi connectivity index (χ4v) is 5.46. The molecule has 2 aliphatic rings. The van der Waals surface area contributed by atoms with Crippen molar-refractivity contribution in [2.75, 3.05) is 16.0 Å². The molecule has 7 heteroatoms. The van der Waals surface area contributed by atoms with Crippen LogP contribution in [0.15, 0.2) is 47.4 Å². The molecule has 1 aliphatic heterocycles. The summed E-state index contributed by atoms with van der Waals surface area (Å²) >= 11 is 0. The molecule has 1 aliphatic carbocycles. The topological polar surface area (TPSA) is 83.6 Å². The molecule has 0 saturated heterocycles. The number of para-hydroxylation sites is 1. The first-order chi connectivity index (χ1) is 14.8. The third-order valence-electron chi connectivity index (χ3n) is 6.06. The maximum atomic E-state index is 12.9. The van der Waals surface area contributed by atoms with Gasteiger partial charge in [0.15, 0.2) is 9.84 Å². The van der Waals surface area contributed by atoms with E-state index < -0.39 is 9.84 Å². The Morgan fingerprint density at radius 1 is 1.13 bits per heavy atom. The minimum atomic E-state index is -3.61. The van der Waals surface area contributed by atoms with Crippen LogP contribution in [-0.2, 0) is 32.3 Å². The van der Waals surface area contributed by atoms with Gasteiger partial charge < -0.3 is 10.2 Å². The lowest BCUT2D eigenvalue weighted by Crippen LogP contribution is -2.36. The number of anilines is 2. The lowest BCUT2D eigenvalue weighted by molar-refractivity contribution is -0.120. The van der Waals surface area contributed by atoms with Crippen molar-refractivity contribution in [1.29, 1.82) is 0 Å². The Balaban J connectivity index is 1.44. The molecular formula is C24H28N2O4S. The summed E-state index contributed by atoms with van der Waals surface area (Å²) in [5.41, 5.74) is 3.43. The number of nitrogens with one attached hydrogen (secondary N) is 1. The van der Waals surface area contributed by atoms with Crippen LogP contribution >= 0.6 is 0 Å². The number of hydrogen-bond acceptors (Lipinski definition) is 4. The van der Waals surface area contributed by atoms with Crippen molar-refractivity contribution in [3.63, 3.8) is 0 Å². The quantitative estimate of drug-likeness (QED) is 0.711. The molecule has 164 valence electrons. The highest BCUT2D eigenvalue weighted by Crippen LogP contribution is 2.39. The zero-order valence-corrected chi connectivity index (χ0v) is 18.7. The summed E-state index contributed by atoms with van der Waals surface area (Å²) < 4.78 is 25.7. The van der Waals surface area contributed by atoms with Gasteiger partial charge in [-0.1, -0.05) is 25.1 Å². The Labute approximate surface area is 183 Å². The molecule has 2 aromatic rings. The minimum Gasteiger partial charge on any atom is -0.326 e. The fourth-order valence-electron chi connectivity index (χ4n) is 4.17. The van der Waals surface area contributed by atoms with Crippen molar-refractivity contribution in [1.82, 2.24) is 0 Å². The van der Waals surface area contributed by atoms with E-state index >= 15 is 0 Å². The molecule has 31 heavy (non-hydrogen) atoms. The highest BCUT2D eigenvalue weighted by molar-refractivity contribution is 7.91. The largest absolute Gasteiger partial charge is 0.326 e. The monoisotopic (exact) mass is 440 g/mol. The number of rotatable bonds is 7. The van der Waals surface area contributed by atoms with Gasteiger partial charge in [-0.25, -0.2) is 8.42 Å². The standard InChI is InChI=1S/C24H28N2O4S/c1-3-17-6-4-5-7-21(17)25-23(27)12-13-31(29,30)20-10-11-22-19(15-20)14-16(2)26(22)24(28)18-8-9-18/h4-7,10-11,15-16,18H,3,8-9,12-14H2,1-2H3,(H,25,27). The smallest absolute Gasteiger partial charge is 0.230 e. The Hall–Kier alpha value is -2.67. The van der Waals surface area contributed by atoms with E-state index in [1.54, 1.807) is 18.2 Å². The van der Waals surface area contributed by atoms with Gasteiger partial charge in [0.25, 0.3) is 0 Å². The van der Waals surface area contributed by atoms with Gasteiger partial charge in [-0.05, 0) is 68.0 Å². The molecular weight excluding hydrogens is 412 g/mol. The second-order valence-corrected chi connectivity index (χ2v) is 10.6. The summed E-state index contributed by atoms with van der Waals surface area (Å²) in [6.45, 7) is 4.00. The highest BCUT2D eigenvalue weighted by atomic mass is 32.2. The van der Waals surface area contributed by atoms with E-state index in [0.29, 0.717) is 6.42 Å². The predicted octanol–water partition coefficient (Wildman–Crippen LogP) is 3.74. The van der Waals surface area contributed by atoms with E-state index in [9.17, 15) is 18.0 Å². The molecule has 1 atom stereocenters. The van der Waals surface area contributed by atoms with Crippen LogP contribution in [0.5, 0.6) is 0 Å². The molecule has 1 saturated carbocycles.